The van der Waals surface area contributed by atoms with E-state index >= 15 is 0 Å². The summed E-state index contributed by atoms with van der Waals surface area (Å²) in [7, 11) is 1.73. The van der Waals surface area contributed by atoms with Crippen LogP contribution < -0.4 is 4.74 Å². The molecule has 0 N–H and O–H groups in total. The molecule has 1 unspecified atom stereocenters. The molecule has 1 aromatic carbocycles. The predicted octanol–water partition coefficient (Wildman–Crippen LogP) is 1.50. The molecule has 1 saturated heterocycles. The van der Waals surface area contributed by atoms with Gasteiger partial charge in [-0.25, -0.2) is 0 Å². The van der Waals surface area contributed by atoms with Crippen LogP contribution in [-0.2, 0) is 0 Å². The molecule has 0 spiro atoms. The molecule has 0 amide bonds. The van der Waals surface area contributed by atoms with Crippen LogP contribution in [0, 0.1) is 0 Å². The van der Waals surface area contributed by atoms with Crippen LogP contribution in [0.3, 0.4) is 0 Å². The van der Waals surface area contributed by atoms with Crippen molar-refractivity contribution in [2.75, 3.05) is 7.11 Å². The van der Waals surface area contributed by atoms with Crippen LogP contribution in [-0.4, -0.2) is 44.7 Å². The number of hydrogen-bond acceptors (Lipinski definition) is 1. The van der Waals surface area contributed by atoms with Crippen LogP contribution in [0.5, 0.6) is 5.75 Å². The Morgan fingerprint density at radius 3 is 2.64 bits per heavy atom. The summed E-state index contributed by atoms with van der Waals surface area (Å²) in [4.78, 5) is 0.907. The number of ether oxygens (including phenoxy) is 1. The fourth-order valence-electron chi connectivity index (χ4n) is 1.35. The van der Waals surface area contributed by atoms with Crippen molar-refractivity contribution in [1.82, 2.24) is 0 Å². The average molecular weight is 385 g/mol. The topological polar surface area (TPSA) is 9.23 Å². The zero-order valence-electron chi connectivity index (χ0n) is 7.93. The van der Waals surface area contributed by atoms with E-state index in [1.807, 2.05) is 0 Å². The molecule has 1 aromatic rings. The van der Waals surface area contributed by atoms with Crippen molar-refractivity contribution in [2.45, 2.75) is 16.6 Å². The summed E-state index contributed by atoms with van der Waals surface area (Å²) in [6, 6.07) is 8.69. The first-order valence-electron chi connectivity index (χ1n) is 4.49. The molecule has 2 rings (SSSR count). The van der Waals surface area contributed by atoms with Crippen LogP contribution in [0.15, 0.2) is 24.3 Å². The molecular formula is C10H12OSe3. The quantitative estimate of drug-likeness (QED) is 0.702. The average Bonchev–Trinajstić information content (AvgIpc) is 2.30. The summed E-state index contributed by atoms with van der Waals surface area (Å²) in [5.41, 5.74) is 1.54. The molecule has 4 heteroatoms. The van der Waals surface area contributed by atoms with E-state index in [4.69, 9.17) is 4.74 Å². The van der Waals surface area contributed by atoms with Crippen molar-refractivity contribution in [2.24, 2.45) is 0 Å². The summed E-state index contributed by atoms with van der Waals surface area (Å²) < 4.78 is 5.17. The first-order valence-corrected chi connectivity index (χ1v) is 15.4. The van der Waals surface area contributed by atoms with Gasteiger partial charge in [0.1, 0.15) is 0 Å². The molecule has 0 bridgehead atoms. The normalized spacial score (nSPS) is 21.9. The Balaban J connectivity index is 2.07. The van der Waals surface area contributed by atoms with E-state index in [-0.39, 0.29) is 0 Å². The molecule has 0 radical (unpaired) electrons. The minimum atomic E-state index is 0.907. The molecule has 0 aromatic heterocycles. The Hall–Kier alpha value is 0.578. The van der Waals surface area contributed by atoms with Crippen LogP contribution in [0.25, 0.3) is 0 Å². The van der Waals surface area contributed by atoms with Crippen LogP contribution in [0.2, 0.25) is 5.32 Å². The van der Waals surface area contributed by atoms with Crippen molar-refractivity contribution in [3.63, 3.8) is 0 Å². The molecule has 1 aliphatic heterocycles. The minimum absolute atomic E-state index is 0.907. The van der Waals surface area contributed by atoms with Crippen molar-refractivity contribution in [1.29, 1.82) is 0 Å². The standard InChI is InChI=1S/C10H12OSe3/c1-11-9-4-2-8(3-5-9)10-6-7-12-14-13-10/h2-5,10H,6-7H2,1H3. The first-order chi connectivity index (χ1) is 6.90. The Bertz CT molecular complexity index is 280. The third kappa shape index (κ3) is 2.79. The second-order valence-corrected chi connectivity index (χ2v) is 20.1. The van der Waals surface area contributed by atoms with Gasteiger partial charge in [-0.2, -0.15) is 0 Å². The monoisotopic (exact) mass is 388 g/mol. The number of hydrogen-bond donors (Lipinski definition) is 0. The Labute approximate surface area is 101 Å². The van der Waals surface area contributed by atoms with Gasteiger partial charge in [0, 0.05) is 0 Å². The van der Waals surface area contributed by atoms with Gasteiger partial charge in [0.2, 0.25) is 0 Å². The summed E-state index contributed by atoms with van der Waals surface area (Å²) in [6.07, 6.45) is 1.44. The Morgan fingerprint density at radius 2 is 2.07 bits per heavy atom. The molecule has 1 nitrogen and oxygen atoms in total. The zero-order valence-corrected chi connectivity index (χ0v) is 13.1. The molecule has 1 fully saturated rings. The molecule has 76 valence electrons. The fourth-order valence-corrected chi connectivity index (χ4v) is 22.3. The van der Waals surface area contributed by atoms with Gasteiger partial charge in [0.25, 0.3) is 0 Å². The van der Waals surface area contributed by atoms with E-state index in [1.54, 1.807) is 12.7 Å². The molecule has 1 atom stereocenters. The number of methoxy groups -OCH3 is 1. The molecule has 1 heterocycles. The molecule has 1 aliphatic rings. The van der Waals surface area contributed by atoms with Gasteiger partial charge >= 0.3 is 102 Å². The van der Waals surface area contributed by atoms with Crippen molar-refractivity contribution >= 4 is 37.6 Å². The van der Waals surface area contributed by atoms with E-state index < -0.39 is 0 Å². The zero-order chi connectivity index (χ0) is 9.80. The van der Waals surface area contributed by atoms with Crippen LogP contribution >= 0.6 is 0 Å². The molecule has 0 aliphatic carbocycles. The van der Waals surface area contributed by atoms with E-state index in [9.17, 15) is 0 Å². The van der Waals surface area contributed by atoms with Gasteiger partial charge in [0.15, 0.2) is 0 Å². The third-order valence-corrected chi connectivity index (χ3v) is 21.1. The summed E-state index contributed by atoms with van der Waals surface area (Å²) in [5, 5.41) is 1.51. The van der Waals surface area contributed by atoms with Gasteiger partial charge in [-0.15, -0.1) is 0 Å². The van der Waals surface area contributed by atoms with E-state index in [1.165, 1.54) is 11.7 Å². The number of benzene rings is 1. The van der Waals surface area contributed by atoms with Gasteiger partial charge < -0.3 is 0 Å². The van der Waals surface area contributed by atoms with Crippen molar-refractivity contribution in [3.8, 4) is 5.75 Å². The predicted molar refractivity (Wildman–Crippen MR) is 62.4 cm³/mol. The maximum absolute atomic E-state index is 5.17. The van der Waals surface area contributed by atoms with Crippen molar-refractivity contribution in [3.05, 3.63) is 29.8 Å². The van der Waals surface area contributed by atoms with E-state index in [2.05, 4.69) is 24.3 Å². The van der Waals surface area contributed by atoms with Crippen molar-refractivity contribution < 1.29 is 4.74 Å². The first kappa shape index (κ1) is 11.1. The molecule has 14 heavy (non-hydrogen) atoms. The summed E-state index contributed by atoms with van der Waals surface area (Å²) in [6.45, 7) is 0. The molecular weight excluding hydrogens is 373 g/mol. The van der Waals surface area contributed by atoms with E-state index in [0.717, 1.165) is 48.1 Å². The third-order valence-electron chi connectivity index (χ3n) is 2.15. The molecule has 0 saturated carbocycles. The second kappa shape index (κ2) is 5.60. The van der Waals surface area contributed by atoms with E-state index in [0.29, 0.717) is 0 Å². The van der Waals surface area contributed by atoms with Gasteiger partial charge in [-0.3, -0.25) is 0 Å². The summed E-state index contributed by atoms with van der Waals surface area (Å²) in [5.74, 6) is 0.979. The fraction of sp³-hybridized carbons (Fsp3) is 0.400. The van der Waals surface area contributed by atoms with Gasteiger partial charge in [0.05, 0.1) is 0 Å². The SMILES string of the molecule is COc1ccc(C2CC[Se][Se][Se]2)cc1. The van der Waals surface area contributed by atoms with Crippen LogP contribution in [0.4, 0.5) is 0 Å². The maximum atomic E-state index is 5.17. The number of rotatable bonds is 2. The summed E-state index contributed by atoms with van der Waals surface area (Å²) >= 11 is 2.96. The van der Waals surface area contributed by atoms with Gasteiger partial charge in [-0.1, -0.05) is 0 Å². The van der Waals surface area contributed by atoms with Gasteiger partial charge in [-0.05, 0) is 0 Å². The second-order valence-electron chi connectivity index (χ2n) is 3.04. The Kier molecular flexibility index (Phi) is 4.43. The van der Waals surface area contributed by atoms with Crippen LogP contribution in [0.1, 0.15) is 16.8 Å². The Morgan fingerprint density at radius 1 is 1.29 bits per heavy atom.